The summed E-state index contributed by atoms with van der Waals surface area (Å²) < 4.78 is 0. The number of nitrogens with one attached hydrogen (secondary N) is 2. The van der Waals surface area contributed by atoms with E-state index in [1.165, 1.54) is 12.3 Å². The molecule has 0 unspecified atom stereocenters. The number of rotatable bonds is 4. The van der Waals surface area contributed by atoms with Gasteiger partial charge in [-0.2, -0.15) is 0 Å². The lowest BCUT2D eigenvalue weighted by molar-refractivity contribution is -0.115. The molecule has 0 aliphatic heterocycles. The molecule has 0 radical (unpaired) electrons. The quantitative estimate of drug-likeness (QED) is 0.578. The van der Waals surface area contributed by atoms with Crippen LogP contribution in [0.4, 0.5) is 11.6 Å². The van der Waals surface area contributed by atoms with Crippen molar-refractivity contribution >= 4 is 35.1 Å². The van der Waals surface area contributed by atoms with Gasteiger partial charge in [0.1, 0.15) is 5.15 Å². The van der Waals surface area contributed by atoms with Crippen LogP contribution in [0.25, 0.3) is 0 Å². The zero-order valence-corrected chi connectivity index (χ0v) is 11.6. The zero-order chi connectivity index (χ0) is 15.2. The normalized spacial score (nSPS) is 9.95. The third kappa shape index (κ3) is 4.43. The lowest BCUT2D eigenvalue weighted by Gasteiger charge is -2.06. The number of carbonyl (C=O) groups excluding carboxylic acids is 2. The second-order valence-corrected chi connectivity index (χ2v) is 4.44. The van der Waals surface area contributed by atoms with Crippen molar-refractivity contribution in [2.45, 2.75) is 0 Å². The Balaban J connectivity index is 1.86. The van der Waals surface area contributed by atoms with Crippen LogP contribution in [0, 0.1) is 0 Å². The Morgan fingerprint density at radius 3 is 2.57 bits per heavy atom. The fourth-order valence-corrected chi connectivity index (χ4v) is 1.60. The van der Waals surface area contributed by atoms with Crippen molar-refractivity contribution in [3.63, 3.8) is 0 Å². The molecule has 0 spiro atoms. The van der Waals surface area contributed by atoms with Gasteiger partial charge >= 0.3 is 0 Å². The molecule has 0 bridgehead atoms. The van der Waals surface area contributed by atoms with Gasteiger partial charge in [-0.3, -0.25) is 14.9 Å². The number of benzene rings is 1. The maximum atomic E-state index is 11.8. The van der Waals surface area contributed by atoms with Gasteiger partial charge in [-0.15, -0.1) is 0 Å². The van der Waals surface area contributed by atoms with Gasteiger partial charge in [-0.1, -0.05) is 11.6 Å². The number of halogens is 1. The molecule has 7 nitrogen and oxygen atoms in total. The van der Waals surface area contributed by atoms with Gasteiger partial charge in [-0.25, -0.2) is 9.97 Å². The van der Waals surface area contributed by atoms with Crippen LogP contribution in [0.1, 0.15) is 10.4 Å². The van der Waals surface area contributed by atoms with E-state index in [-0.39, 0.29) is 23.6 Å². The highest BCUT2D eigenvalue weighted by Crippen LogP contribution is 2.06. The number of nitrogens with zero attached hydrogens (tertiary/aromatic N) is 2. The molecular weight excluding hydrogens is 294 g/mol. The van der Waals surface area contributed by atoms with Crippen molar-refractivity contribution in [2.75, 3.05) is 17.6 Å². The first kappa shape index (κ1) is 14.7. The Kier molecular flexibility index (Phi) is 4.68. The maximum Gasteiger partial charge on any atom is 0.251 e. The van der Waals surface area contributed by atoms with Crippen molar-refractivity contribution in [3.05, 3.63) is 47.2 Å². The van der Waals surface area contributed by atoms with E-state index in [4.69, 9.17) is 17.3 Å². The topological polar surface area (TPSA) is 110 Å². The summed E-state index contributed by atoms with van der Waals surface area (Å²) in [5.74, 6) is -0.757. The summed E-state index contributed by atoms with van der Waals surface area (Å²) in [6.45, 7) is -0.209. The first-order valence-corrected chi connectivity index (χ1v) is 6.34. The van der Waals surface area contributed by atoms with Crippen molar-refractivity contribution in [1.82, 2.24) is 15.3 Å². The molecule has 1 aromatic carbocycles. The fourth-order valence-electron chi connectivity index (χ4n) is 1.46. The smallest absolute Gasteiger partial charge is 0.251 e. The molecular formula is C13H12ClN5O2. The van der Waals surface area contributed by atoms with E-state index >= 15 is 0 Å². The molecule has 0 atom stereocenters. The minimum absolute atomic E-state index is 0.0780. The van der Waals surface area contributed by atoms with Gasteiger partial charge in [0.2, 0.25) is 11.9 Å². The van der Waals surface area contributed by atoms with Crippen LogP contribution in [0.2, 0.25) is 5.15 Å². The van der Waals surface area contributed by atoms with Crippen LogP contribution >= 0.6 is 11.6 Å². The number of anilines is 2. The van der Waals surface area contributed by atoms with Crippen LogP contribution in [0.5, 0.6) is 0 Å². The standard InChI is InChI=1S/C13H12ClN5O2/c14-10-5-6-16-13(18-10)19-11(20)7-17-12(21)8-1-3-9(15)4-2-8/h1-6H,7,15H2,(H,17,21)(H,16,18,19,20). The molecule has 108 valence electrons. The number of aromatic nitrogens is 2. The van der Waals surface area contributed by atoms with Crippen molar-refractivity contribution < 1.29 is 9.59 Å². The predicted octanol–water partition coefficient (Wildman–Crippen LogP) is 1.08. The lowest BCUT2D eigenvalue weighted by Crippen LogP contribution is -2.33. The Morgan fingerprint density at radius 2 is 1.90 bits per heavy atom. The third-order valence-corrected chi connectivity index (χ3v) is 2.67. The second-order valence-electron chi connectivity index (χ2n) is 4.06. The predicted molar refractivity (Wildman–Crippen MR) is 78.9 cm³/mol. The van der Waals surface area contributed by atoms with E-state index in [1.54, 1.807) is 24.3 Å². The van der Waals surface area contributed by atoms with Crippen LogP contribution < -0.4 is 16.4 Å². The number of hydrogen-bond donors (Lipinski definition) is 3. The summed E-state index contributed by atoms with van der Waals surface area (Å²) in [4.78, 5) is 31.1. The molecule has 2 aromatic rings. The van der Waals surface area contributed by atoms with E-state index in [9.17, 15) is 9.59 Å². The van der Waals surface area contributed by atoms with Gasteiger partial charge in [0, 0.05) is 17.4 Å². The summed E-state index contributed by atoms with van der Waals surface area (Å²) >= 11 is 5.67. The summed E-state index contributed by atoms with van der Waals surface area (Å²) in [5, 5.41) is 5.11. The summed E-state index contributed by atoms with van der Waals surface area (Å²) in [7, 11) is 0. The van der Waals surface area contributed by atoms with E-state index in [1.807, 2.05) is 0 Å². The van der Waals surface area contributed by atoms with Gasteiger partial charge < -0.3 is 11.1 Å². The molecule has 0 saturated heterocycles. The molecule has 0 fully saturated rings. The summed E-state index contributed by atoms with van der Waals surface area (Å²) in [5.41, 5.74) is 6.50. The number of hydrogen-bond acceptors (Lipinski definition) is 5. The first-order chi connectivity index (χ1) is 10.0. The Bertz CT molecular complexity index is 660. The molecule has 4 N–H and O–H groups in total. The molecule has 2 rings (SSSR count). The average Bonchev–Trinajstić information content (AvgIpc) is 2.45. The highest BCUT2D eigenvalue weighted by Gasteiger charge is 2.09. The van der Waals surface area contributed by atoms with Gasteiger partial charge in [-0.05, 0) is 30.3 Å². The third-order valence-electron chi connectivity index (χ3n) is 2.46. The number of nitrogen functional groups attached to an aromatic ring is 1. The van der Waals surface area contributed by atoms with Crippen molar-refractivity contribution in [3.8, 4) is 0 Å². The molecule has 21 heavy (non-hydrogen) atoms. The van der Waals surface area contributed by atoms with Gasteiger partial charge in [0.25, 0.3) is 5.91 Å². The highest BCUT2D eigenvalue weighted by molar-refractivity contribution is 6.29. The number of amides is 2. The minimum atomic E-state index is -0.457. The van der Waals surface area contributed by atoms with E-state index < -0.39 is 5.91 Å². The van der Waals surface area contributed by atoms with Gasteiger partial charge in [0.15, 0.2) is 0 Å². The van der Waals surface area contributed by atoms with Crippen LogP contribution in [-0.2, 0) is 4.79 Å². The Morgan fingerprint density at radius 1 is 1.19 bits per heavy atom. The number of nitrogens with two attached hydrogens (primary N) is 1. The van der Waals surface area contributed by atoms with E-state index in [2.05, 4.69) is 20.6 Å². The molecule has 0 aliphatic carbocycles. The Hall–Kier alpha value is -2.67. The zero-order valence-electron chi connectivity index (χ0n) is 10.8. The maximum absolute atomic E-state index is 11.8. The van der Waals surface area contributed by atoms with Crippen LogP contribution in [-0.4, -0.2) is 28.3 Å². The minimum Gasteiger partial charge on any atom is -0.399 e. The first-order valence-electron chi connectivity index (χ1n) is 5.97. The number of carbonyl (C=O) groups is 2. The Labute approximate surface area is 125 Å². The molecule has 1 aromatic heterocycles. The van der Waals surface area contributed by atoms with Crippen molar-refractivity contribution in [2.24, 2.45) is 0 Å². The van der Waals surface area contributed by atoms with E-state index in [0.29, 0.717) is 11.3 Å². The van der Waals surface area contributed by atoms with Crippen molar-refractivity contribution in [1.29, 1.82) is 0 Å². The highest BCUT2D eigenvalue weighted by atomic mass is 35.5. The summed E-state index contributed by atoms with van der Waals surface area (Å²) in [6.07, 6.45) is 1.41. The SMILES string of the molecule is Nc1ccc(C(=O)NCC(=O)Nc2nccc(Cl)n2)cc1. The fraction of sp³-hybridized carbons (Fsp3) is 0.0769. The van der Waals surface area contributed by atoms with E-state index in [0.717, 1.165) is 0 Å². The lowest BCUT2D eigenvalue weighted by atomic mass is 10.2. The molecule has 2 amide bonds. The largest absolute Gasteiger partial charge is 0.399 e. The monoisotopic (exact) mass is 305 g/mol. The molecule has 0 saturated carbocycles. The van der Waals surface area contributed by atoms with Gasteiger partial charge in [0.05, 0.1) is 6.54 Å². The van der Waals surface area contributed by atoms with Crippen LogP contribution in [0.3, 0.4) is 0 Å². The molecule has 0 aliphatic rings. The average molecular weight is 306 g/mol. The summed E-state index contributed by atoms with van der Waals surface area (Å²) in [6, 6.07) is 7.84. The molecule has 1 heterocycles. The second kappa shape index (κ2) is 6.67. The molecule has 8 heteroatoms. The van der Waals surface area contributed by atoms with Crippen LogP contribution in [0.15, 0.2) is 36.5 Å².